The van der Waals surface area contributed by atoms with Crippen molar-refractivity contribution in [3.63, 3.8) is 0 Å². The monoisotopic (exact) mass is 454 g/mol. The normalized spacial score (nSPS) is 27.2. The smallest absolute Gasteiger partial charge is 0.329 e. The minimum atomic E-state index is -0.658. The highest BCUT2D eigenvalue weighted by Gasteiger charge is 2.32. The number of rotatable bonds is 4. The van der Waals surface area contributed by atoms with Gasteiger partial charge in [0.05, 0.1) is 16.7 Å². The van der Waals surface area contributed by atoms with E-state index in [2.05, 4.69) is 21.2 Å². The van der Waals surface area contributed by atoms with Gasteiger partial charge in [-0.15, -0.1) is 0 Å². The summed E-state index contributed by atoms with van der Waals surface area (Å²) in [6, 6.07) is 5.65. The fourth-order valence-electron chi connectivity index (χ4n) is 5.81. The van der Waals surface area contributed by atoms with E-state index in [0.29, 0.717) is 12.5 Å². The molecule has 0 bridgehead atoms. The van der Waals surface area contributed by atoms with Gasteiger partial charge in [0, 0.05) is 52.2 Å². The third kappa shape index (κ3) is 4.19. The van der Waals surface area contributed by atoms with Crippen LogP contribution in [0.1, 0.15) is 44.6 Å². The van der Waals surface area contributed by atoms with E-state index in [1.165, 1.54) is 12.8 Å². The number of piperazine rings is 1. The molecular weight excluding hydrogens is 420 g/mol. The molecular formula is C24H34N6O3. The molecule has 3 fully saturated rings. The summed E-state index contributed by atoms with van der Waals surface area (Å²) < 4.78 is 3.21. The fraction of sp³-hybridized carbons (Fsp3) is 0.625. The number of amides is 2. The van der Waals surface area contributed by atoms with Gasteiger partial charge in [0.15, 0.2) is 0 Å². The third-order valence-electron chi connectivity index (χ3n) is 7.72. The van der Waals surface area contributed by atoms with Crippen molar-refractivity contribution in [2.24, 2.45) is 18.7 Å². The zero-order valence-electron chi connectivity index (χ0n) is 19.3. The number of benzene rings is 1. The summed E-state index contributed by atoms with van der Waals surface area (Å²) in [5, 5.41) is 2.38. The second-order valence-electron chi connectivity index (χ2n) is 9.89. The summed E-state index contributed by atoms with van der Waals surface area (Å²) in [5.41, 5.74) is 8.46. The number of carbonyl (C=O) groups is 2. The molecule has 3 aliphatic rings. The molecule has 5 rings (SSSR count). The van der Waals surface area contributed by atoms with Crippen LogP contribution in [-0.2, 0) is 16.6 Å². The van der Waals surface area contributed by atoms with Gasteiger partial charge in [-0.25, -0.2) is 4.79 Å². The topological polar surface area (TPSA) is 106 Å². The highest BCUT2D eigenvalue weighted by molar-refractivity contribution is 6.00. The van der Waals surface area contributed by atoms with Gasteiger partial charge in [-0.1, -0.05) is 6.07 Å². The maximum absolute atomic E-state index is 13.2. The van der Waals surface area contributed by atoms with Crippen LogP contribution in [0.4, 0.5) is 5.69 Å². The first-order valence-corrected chi connectivity index (χ1v) is 12.2. The van der Waals surface area contributed by atoms with Crippen LogP contribution >= 0.6 is 0 Å². The van der Waals surface area contributed by atoms with E-state index in [1.54, 1.807) is 16.2 Å². The van der Waals surface area contributed by atoms with E-state index in [-0.39, 0.29) is 18.0 Å². The fourth-order valence-corrected chi connectivity index (χ4v) is 5.81. The number of hydrogen-bond donors (Lipinski definition) is 2. The van der Waals surface area contributed by atoms with Crippen molar-refractivity contribution in [3.8, 4) is 0 Å². The predicted molar refractivity (Wildman–Crippen MR) is 127 cm³/mol. The lowest BCUT2D eigenvalue weighted by Crippen LogP contribution is -2.48. The van der Waals surface area contributed by atoms with Crippen molar-refractivity contribution in [2.45, 2.75) is 50.6 Å². The summed E-state index contributed by atoms with van der Waals surface area (Å²) in [6.07, 6.45) is 5.34. The molecule has 33 heavy (non-hydrogen) atoms. The Labute approximate surface area is 193 Å². The van der Waals surface area contributed by atoms with Crippen LogP contribution in [0, 0.1) is 5.92 Å². The molecule has 0 spiro atoms. The second kappa shape index (κ2) is 8.95. The lowest BCUT2D eigenvalue weighted by molar-refractivity contribution is -0.135. The number of aromatic nitrogens is 2. The first-order chi connectivity index (χ1) is 15.9. The number of fused-ring (bicyclic) bond motifs is 1. The molecule has 2 amide bonds. The van der Waals surface area contributed by atoms with Gasteiger partial charge in [-0.3, -0.25) is 28.9 Å². The summed E-state index contributed by atoms with van der Waals surface area (Å²) in [5.74, 6) is 0.0749. The number of carbonyl (C=O) groups excluding carboxylic acids is 2. The van der Waals surface area contributed by atoms with Gasteiger partial charge in [0.2, 0.25) is 11.8 Å². The van der Waals surface area contributed by atoms with Crippen molar-refractivity contribution in [1.82, 2.24) is 19.4 Å². The summed E-state index contributed by atoms with van der Waals surface area (Å²) in [7, 11) is 1.76. The Balaban J connectivity index is 1.35. The first-order valence-electron chi connectivity index (χ1n) is 12.2. The number of hydrogen-bond acceptors (Lipinski definition) is 6. The predicted octanol–water partition coefficient (Wildman–Crippen LogP) is 0.957. The molecule has 1 aliphatic carbocycles. The van der Waals surface area contributed by atoms with Crippen LogP contribution < -0.4 is 21.6 Å². The minimum Gasteiger partial charge on any atom is -0.367 e. The Morgan fingerprint density at radius 2 is 1.73 bits per heavy atom. The molecule has 2 aliphatic heterocycles. The number of nitrogens with zero attached hydrogens (tertiary/aromatic N) is 4. The molecule has 2 saturated heterocycles. The average Bonchev–Trinajstić information content (AvgIpc) is 3.06. The molecule has 2 aromatic rings. The number of nitrogens with one attached hydrogen (secondary N) is 1. The molecule has 9 nitrogen and oxygen atoms in total. The van der Waals surface area contributed by atoms with E-state index in [9.17, 15) is 14.4 Å². The number of aryl methyl sites for hydroxylation is 1. The zero-order chi connectivity index (χ0) is 23.1. The highest BCUT2D eigenvalue weighted by atomic mass is 16.2. The maximum atomic E-state index is 13.2. The van der Waals surface area contributed by atoms with Crippen molar-refractivity contribution in [2.75, 3.05) is 37.6 Å². The molecule has 3 N–H and O–H groups in total. The van der Waals surface area contributed by atoms with Gasteiger partial charge in [-0.05, 0) is 50.2 Å². The van der Waals surface area contributed by atoms with Crippen molar-refractivity contribution >= 4 is 28.5 Å². The van der Waals surface area contributed by atoms with Crippen LogP contribution in [0.3, 0.4) is 0 Å². The molecule has 1 unspecified atom stereocenters. The number of piperidine rings is 1. The Hall–Kier alpha value is -2.65. The third-order valence-corrected chi connectivity index (χ3v) is 7.72. The summed E-state index contributed by atoms with van der Waals surface area (Å²) >= 11 is 0. The van der Waals surface area contributed by atoms with E-state index >= 15 is 0 Å². The Bertz CT molecular complexity index is 1110. The number of imidazole rings is 1. The number of para-hydroxylation sites is 1. The second-order valence-corrected chi connectivity index (χ2v) is 9.89. The van der Waals surface area contributed by atoms with Crippen LogP contribution in [0.5, 0.6) is 0 Å². The lowest BCUT2D eigenvalue weighted by atomic mass is 9.86. The quantitative estimate of drug-likeness (QED) is 0.667. The molecule has 3 heterocycles. The van der Waals surface area contributed by atoms with Gasteiger partial charge < -0.3 is 10.6 Å². The van der Waals surface area contributed by atoms with E-state index in [0.717, 1.165) is 68.2 Å². The molecule has 9 heteroatoms. The Morgan fingerprint density at radius 1 is 1.00 bits per heavy atom. The molecule has 1 aromatic heterocycles. The van der Waals surface area contributed by atoms with E-state index in [1.807, 2.05) is 12.1 Å². The number of nitrogens with two attached hydrogens (primary N) is 1. The minimum absolute atomic E-state index is 0.221. The van der Waals surface area contributed by atoms with Crippen molar-refractivity contribution in [1.29, 1.82) is 0 Å². The maximum Gasteiger partial charge on any atom is 0.329 e. The van der Waals surface area contributed by atoms with E-state index in [4.69, 9.17) is 5.73 Å². The molecule has 1 atom stereocenters. The summed E-state index contributed by atoms with van der Waals surface area (Å²) in [4.78, 5) is 42.2. The van der Waals surface area contributed by atoms with Gasteiger partial charge in [-0.2, -0.15) is 0 Å². The van der Waals surface area contributed by atoms with E-state index < -0.39 is 11.9 Å². The molecule has 1 aromatic carbocycles. The number of imide groups is 1. The van der Waals surface area contributed by atoms with Crippen molar-refractivity contribution in [3.05, 3.63) is 28.7 Å². The lowest BCUT2D eigenvalue weighted by Gasteiger charge is -2.39. The van der Waals surface area contributed by atoms with Crippen LogP contribution in [0.2, 0.25) is 0 Å². The standard InChI is InChI=1S/C24H34N6O3/c1-27-22-18(29-13-11-28(12-14-29)15-16-5-7-17(25)8-6-16)3-2-4-19(22)30(24(27)33)20-9-10-21(31)26-23(20)32/h2-4,16-17,20H,5-15,25H2,1H3,(H,26,31,32)/t16-,17-,20?. The summed E-state index contributed by atoms with van der Waals surface area (Å²) in [6.45, 7) is 4.96. The molecule has 178 valence electrons. The largest absolute Gasteiger partial charge is 0.367 e. The Kier molecular flexibility index (Phi) is 6.01. The first kappa shape index (κ1) is 22.2. The number of anilines is 1. The molecule has 1 saturated carbocycles. The van der Waals surface area contributed by atoms with Crippen LogP contribution in [0.15, 0.2) is 23.0 Å². The zero-order valence-corrected chi connectivity index (χ0v) is 19.3. The van der Waals surface area contributed by atoms with Gasteiger partial charge >= 0.3 is 5.69 Å². The Morgan fingerprint density at radius 3 is 2.42 bits per heavy atom. The van der Waals surface area contributed by atoms with Gasteiger partial charge in [0.25, 0.3) is 0 Å². The van der Waals surface area contributed by atoms with Crippen LogP contribution in [0.25, 0.3) is 11.0 Å². The molecule has 0 radical (unpaired) electrons. The van der Waals surface area contributed by atoms with Crippen molar-refractivity contribution < 1.29 is 9.59 Å². The average molecular weight is 455 g/mol. The van der Waals surface area contributed by atoms with Crippen LogP contribution in [-0.4, -0.2) is 64.6 Å². The highest BCUT2D eigenvalue weighted by Crippen LogP contribution is 2.31. The SMILES string of the molecule is Cn1c(=O)n(C2CCC(=O)NC2=O)c2cccc(N3CCN(C[C@H]4CC[C@H](N)CC4)CC3)c21. The van der Waals surface area contributed by atoms with Gasteiger partial charge in [0.1, 0.15) is 6.04 Å².